The molecule has 0 unspecified atom stereocenters. The average Bonchev–Trinajstić information content (AvgIpc) is 2.88. The second-order valence-corrected chi connectivity index (χ2v) is 8.33. The maximum Gasteiger partial charge on any atom is 0.429 e. The minimum atomic E-state index is -3.90. The van der Waals surface area contributed by atoms with E-state index in [0.717, 1.165) is 36.1 Å². The van der Waals surface area contributed by atoms with Gasteiger partial charge in [0.15, 0.2) is 6.26 Å². The van der Waals surface area contributed by atoms with Crippen LogP contribution in [-0.2, 0) is 12.5 Å². The third-order valence-electron chi connectivity index (χ3n) is 5.68. The van der Waals surface area contributed by atoms with Crippen molar-refractivity contribution in [3.05, 3.63) is 120 Å². The molecule has 0 N–H and O–H groups in total. The van der Waals surface area contributed by atoms with Crippen molar-refractivity contribution in [2.24, 2.45) is 0 Å². The molecule has 0 atom stereocenters. The van der Waals surface area contributed by atoms with Crippen LogP contribution in [0.4, 0.5) is 22.0 Å². The predicted molar refractivity (Wildman–Crippen MR) is 133 cm³/mol. The fourth-order valence-electron chi connectivity index (χ4n) is 3.84. The number of ether oxygens (including phenoxy) is 2. The van der Waals surface area contributed by atoms with Crippen molar-refractivity contribution in [3.63, 3.8) is 0 Å². The molecule has 0 aliphatic heterocycles. The summed E-state index contributed by atoms with van der Waals surface area (Å²) in [5, 5.41) is 0. The van der Waals surface area contributed by atoms with Gasteiger partial charge in [-0.2, -0.15) is 17.6 Å². The summed E-state index contributed by atoms with van der Waals surface area (Å²) in [5.41, 5.74) is 2.90. The quantitative estimate of drug-likeness (QED) is 0.165. The fraction of sp³-hybridized carbons (Fsp3) is 0.133. The highest BCUT2D eigenvalue weighted by Crippen LogP contribution is 2.36. The summed E-state index contributed by atoms with van der Waals surface area (Å²) >= 11 is 0. The molecule has 4 aromatic rings. The Kier molecular flexibility index (Phi) is 7.92. The maximum absolute atomic E-state index is 14.8. The number of hydrogen-bond acceptors (Lipinski definition) is 2. The first-order valence-electron chi connectivity index (χ1n) is 11.6. The summed E-state index contributed by atoms with van der Waals surface area (Å²) in [5.74, 6) is -0.994. The summed E-state index contributed by atoms with van der Waals surface area (Å²) in [6, 6.07) is 23.2. The standard InChI is InChI=1S/C30H23F5O2/c1-2-3-20-4-6-23(7-5-20)24-12-17-27(28(31)18-24)30(34,35)37-26-15-10-22(11-16-26)21-8-13-25(14-9-21)36-19-29(32)33/h4-19H,2-3H2,1H3. The first-order valence-corrected chi connectivity index (χ1v) is 11.6. The molecule has 190 valence electrons. The summed E-state index contributed by atoms with van der Waals surface area (Å²) in [7, 11) is 0. The van der Waals surface area contributed by atoms with E-state index in [1.54, 1.807) is 24.3 Å². The molecule has 7 heteroatoms. The molecule has 4 rings (SSSR count). The molecule has 0 saturated heterocycles. The van der Waals surface area contributed by atoms with Gasteiger partial charge in [-0.05, 0) is 70.6 Å². The van der Waals surface area contributed by atoms with Crippen molar-refractivity contribution in [1.82, 2.24) is 0 Å². The second kappa shape index (κ2) is 11.3. The van der Waals surface area contributed by atoms with Gasteiger partial charge < -0.3 is 9.47 Å². The Morgan fingerprint density at radius 3 is 1.78 bits per heavy atom. The van der Waals surface area contributed by atoms with E-state index in [1.807, 2.05) is 24.3 Å². The second-order valence-electron chi connectivity index (χ2n) is 8.33. The van der Waals surface area contributed by atoms with Gasteiger partial charge in [-0.25, -0.2) is 4.39 Å². The molecule has 37 heavy (non-hydrogen) atoms. The highest BCUT2D eigenvalue weighted by atomic mass is 19.3. The molecular weight excluding hydrogens is 487 g/mol. The van der Waals surface area contributed by atoms with Gasteiger partial charge in [0.1, 0.15) is 17.3 Å². The van der Waals surface area contributed by atoms with Crippen LogP contribution in [0.1, 0.15) is 24.5 Å². The number of alkyl halides is 2. The van der Waals surface area contributed by atoms with Gasteiger partial charge in [0.05, 0.1) is 5.56 Å². The molecule has 0 aliphatic rings. The molecule has 0 saturated carbocycles. The molecule has 0 fully saturated rings. The molecule has 0 aliphatic carbocycles. The smallest absolute Gasteiger partial charge is 0.429 e. The predicted octanol–water partition coefficient (Wildman–Crippen LogP) is 9.36. The van der Waals surface area contributed by atoms with Gasteiger partial charge in [-0.15, -0.1) is 0 Å². The van der Waals surface area contributed by atoms with Crippen LogP contribution in [0.5, 0.6) is 11.5 Å². The monoisotopic (exact) mass is 510 g/mol. The Morgan fingerprint density at radius 1 is 0.730 bits per heavy atom. The summed E-state index contributed by atoms with van der Waals surface area (Å²) < 4.78 is 78.3. The number of halogens is 5. The van der Waals surface area contributed by atoms with Crippen LogP contribution in [0, 0.1) is 5.82 Å². The van der Waals surface area contributed by atoms with Crippen molar-refractivity contribution in [3.8, 4) is 33.8 Å². The lowest BCUT2D eigenvalue weighted by molar-refractivity contribution is -0.187. The van der Waals surface area contributed by atoms with Gasteiger partial charge >= 0.3 is 12.2 Å². The first kappa shape index (κ1) is 25.9. The van der Waals surface area contributed by atoms with Gasteiger partial charge in [-0.1, -0.05) is 67.9 Å². The van der Waals surface area contributed by atoms with E-state index < -0.39 is 23.6 Å². The van der Waals surface area contributed by atoms with Crippen LogP contribution < -0.4 is 9.47 Å². The number of rotatable bonds is 9. The maximum atomic E-state index is 14.8. The fourth-order valence-corrected chi connectivity index (χ4v) is 3.84. The Labute approximate surface area is 211 Å². The zero-order valence-corrected chi connectivity index (χ0v) is 19.9. The van der Waals surface area contributed by atoms with Gasteiger partial charge in [0.2, 0.25) is 0 Å². The third kappa shape index (κ3) is 6.55. The number of hydrogen-bond donors (Lipinski definition) is 0. The molecule has 0 spiro atoms. The third-order valence-corrected chi connectivity index (χ3v) is 5.68. The van der Waals surface area contributed by atoms with E-state index in [1.165, 1.54) is 30.3 Å². The van der Waals surface area contributed by atoms with E-state index in [2.05, 4.69) is 6.92 Å². The lowest BCUT2D eigenvalue weighted by Crippen LogP contribution is -2.23. The lowest BCUT2D eigenvalue weighted by atomic mass is 10.0. The zero-order valence-electron chi connectivity index (χ0n) is 19.9. The van der Waals surface area contributed by atoms with Crippen molar-refractivity contribution < 1.29 is 31.4 Å². The van der Waals surface area contributed by atoms with Crippen LogP contribution >= 0.6 is 0 Å². The summed E-state index contributed by atoms with van der Waals surface area (Å²) in [6.07, 6.45) is -3.58. The molecule has 0 heterocycles. The normalized spacial score (nSPS) is 11.2. The summed E-state index contributed by atoms with van der Waals surface area (Å²) in [6.45, 7) is 2.08. The Bertz CT molecular complexity index is 1360. The Balaban J connectivity index is 1.46. The van der Waals surface area contributed by atoms with Crippen LogP contribution in [0.3, 0.4) is 0 Å². The minimum Gasteiger partial charge on any atom is -0.459 e. The highest BCUT2D eigenvalue weighted by molar-refractivity contribution is 5.65. The molecule has 2 nitrogen and oxygen atoms in total. The van der Waals surface area contributed by atoms with Crippen molar-refractivity contribution in [2.75, 3.05) is 0 Å². The number of aryl methyl sites for hydroxylation is 1. The average molecular weight is 511 g/mol. The number of benzene rings is 4. The van der Waals surface area contributed by atoms with E-state index in [-0.39, 0.29) is 11.5 Å². The molecular formula is C30H23F5O2. The van der Waals surface area contributed by atoms with Gasteiger partial charge in [-0.3, -0.25) is 0 Å². The molecule has 0 radical (unpaired) electrons. The Hall–Kier alpha value is -4.13. The van der Waals surface area contributed by atoms with Crippen LogP contribution in [0.25, 0.3) is 22.3 Å². The largest absolute Gasteiger partial charge is 0.459 e. The first-order chi connectivity index (χ1) is 17.7. The van der Waals surface area contributed by atoms with E-state index >= 15 is 0 Å². The topological polar surface area (TPSA) is 18.5 Å². The lowest BCUT2D eigenvalue weighted by Gasteiger charge is -2.19. The van der Waals surface area contributed by atoms with E-state index in [9.17, 15) is 22.0 Å². The van der Waals surface area contributed by atoms with Crippen LogP contribution in [-0.4, -0.2) is 0 Å². The molecule has 0 bridgehead atoms. The zero-order chi connectivity index (χ0) is 26.4. The minimum absolute atomic E-state index is 0.146. The van der Waals surface area contributed by atoms with E-state index in [4.69, 9.17) is 9.47 Å². The highest BCUT2D eigenvalue weighted by Gasteiger charge is 2.37. The molecule has 4 aromatic carbocycles. The van der Waals surface area contributed by atoms with Gasteiger partial charge in [0, 0.05) is 0 Å². The van der Waals surface area contributed by atoms with Crippen LogP contribution in [0.15, 0.2) is 103 Å². The molecule has 0 aromatic heterocycles. The van der Waals surface area contributed by atoms with Crippen LogP contribution in [0.2, 0.25) is 0 Å². The molecule has 0 amide bonds. The van der Waals surface area contributed by atoms with Crippen molar-refractivity contribution >= 4 is 0 Å². The van der Waals surface area contributed by atoms with Crippen molar-refractivity contribution in [2.45, 2.75) is 25.9 Å². The van der Waals surface area contributed by atoms with Gasteiger partial charge in [0.25, 0.3) is 0 Å². The SMILES string of the molecule is CCCc1ccc(-c2ccc(C(F)(F)Oc3ccc(-c4ccc(OC=C(F)F)cc4)cc3)c(F)c2)cc1. The van der Waals surface area contributed by atoms with E-state index in [0.29, 0.717) is 23.0 Å². The summed E-state index contributed by atoms with van der Waals surface area (Å²) in [4.78, 5) is 0. The van der Waals surface area contributed by atoms with Crippen molar-refractivity contribution in [1.29, 1.82) is 0 Å². The Morgan fingerprint density at radius 2 is 1.24 bits per heavy atom.